The molecule has 0 fully saturated rings. The van der Waals surface area contributed by atoms with E-state index in [0.717, 1.165) is 11.0 Å². The first kappa shape index (κ1) is 18.5. The molecule has 25 heavy (non-hydrogen) atoms. The molecule has 6 nitrogen and oxygen atoms in total. The Bertz CT molecular complexity index is 798. The summed E-state index contributed by atoms with van der Waals surface area (Å²) in [6, 6.07) is 12.2. The number of hydrazine groups is 1. The lowest BCUT2D eigenvalue weighted by atomic mass is 10.2. The van der Waals surface area contributed by atoms with Crippen molar-refractivity contribution in [3.8, 4) is 0 Å². The number of ether oxygens (including phenoxy) is 1. The number of thioether (sulfide) groups is 1. The summed E-state index contributed by atoms with van der Waals surface area (Å²) in [6.07, 6.45) is 1.82. The van der Waals surface area contributed by atoms with Gasteiger partial charge in [-0.15, -0.1) is 11.8 Å². The van der Waals surface area contributed by atoms with E-state index in [4.69, 9.17) is 4.74 Å². The lowest BCUT2D eigenvalue weighted by Gasteiger charge is -2.09. The molecule has 0 saturated carbocycles. The van der Waals surface area contributed by atoms with Crippen LogP contribution in [0.3, 0.4) is 0 Å². The maximum Gasteiger partial charge on any atom is 0.339 e. The molecule has 0 bridgehead atoms. The highest BCUT2D eigenvalue weighted by molar-refractivity contribution is 7.98. The molecule has 0 aliphatic rings. The van der Waals surface area contributed by atoms with Crippen molar-refractivity contribution in [3.05, 3.63) is 65.5 Å². The summed E-state index contributed by atoms with van der Waals surface area (Å²) in [5.74, 6) is -2.93. The Balaban J connectivity index is 1.84. The normalized spacial score (nSPS) is 10.0. The van der Waals surface area contributed by atoms with E-state index in [-0.39, 0.29) is 5.56 Å². The van der Waals surface area contributed by atoms with Crippen molar-refractivity contribution in [1.82, 2.24) is 10.9 Å². The molecular weight excluding hydrogens is 347 g/mol. The topological polar surface area (TPSA) is 84.5 Å². The number of nitrogens with one attached hydrogen (secondary N) is 2. The molecule has 0 aliphatic carbocycles. The number of halogens is 1. The maximum absolute atomic E-state index is 13.4. The Kier molecular flexibility index (Phi) is 6.53. The summed E-state index contributed by atoms with van der Waals surface area (Å²) >= 11 is 1.38. The zero-order valence-corrected chi connectivity index (χ0v) is 14.1. The van der Waals surface area contributed by atoms with Gasteiger partial charge in [-0.3, -0.25) is 20.4 Å². The highest BCUT2D eigenvalue weighted by Crippen LogP contribution is 2.20. The molecule has 2 aromatic rings. The summed E-state index contributed by atoms with van der Waals surface area (Å²) in [5.41, 5.74) is 4.24. The summed E-state index contributed by atoms with van der Waals surface area (Å²) in [4.78, 5) is 36.1. The number of carbonyl (C=O) groups excluding carboxylic acids is 3. The van der Waals surface area contributed by atoms with Crippen LogP contribution < -0.4 is 10.9 Å². The predicted molar refractivity (Wildman–Crippen MR) is 90.5 cm³/mol. The lowest BCUT2D eigenvalue weighted by molar-refractivity contribution is -0.125. The molecule has 0 saturated heterocycles. The van der Waals surface area contributed by atoms with Crippen molar-refractivity contribution in [2.75, 3.05) is 12.9 Å². The molecule has 8 heteroatoms. The fourth-order valence-electron chi connectivity index (χ4n) is 1.90. The molecule has 2 aromatic carbocycles. The lowest BCUT2D eigenvalue weighted by Crippen LogP contribution is -2.43. The molecule has 130 valence electrons. The molecule has 0 atom stereocenters. The highest BCUT2D eigenvalue weighted by atomic mass is 32.2. The zero-order valence-electron chi connectivity index (χ0n) is 13.2. The van der Waals surface area contributed by atoms with E-state index in [1.807, 2.05) is 6.26 Å². The third-order valence-corrected chi connectivity index (χ3v) is 3.89. The number of hydrogen-bond acceptors (Lipinski definition) is 5. The first-order chi connectivity index (χ1) is 12.0. The highest BCUT2D eigenvalue weighted by Gasteiger charge is 2.15. The average molecular weight is 362 g/mol. The van der Waals surface area contributed by atoms with Crippen LogP contribution in [0.1, 0.15) is 20.7 Å². The largest absolute Gasteiger partial charge is 0.452 e. The Labute approximate surface area is 147 Å². The van der Waals surface area contributed by atoms with Crippen LogP contribution >= 0.6 is 11.8 Å². The van der Waals surface area contributed by atoms with Gasteiger partial charge < -0.3 is 4.74 Å². The van der Waals surface area contributed by atoms with Gasteiger partial charge in [0.1, 0.15) is 5.82 Å². The number of esters is 1. The van der Waals surface area contributed by atoms with Crippen LogP contribution in [0, 0.1) is 5.82 Å². The van der Waals surface area contributed by atoms with Crippen LogP contribution in [0.2, 0.25) is 0 Å². The van der Waals surface area contributed by atoms with Gasteiger partial charge in [-0.2, -0.15) is 0 Å². The number of benzene rings is 2. The van der Waals surface area contributed by atoms with E-state index in [1.165, 1.54) is 30.0 Å². The van der Waals surface area contributed by atoms with Crippen LogP contribution in [0.15, 0.2) is 53.4 Å². The van der Waals surface area contributed by atoms with Crippen molar-refractivity contribution >= 4 is 29.5 Å². The van der Waals surface area contributed by atoms with E-state index < -0.39 is 30.2 Å². The zero-order chi connectivity index (χ0) is 18.2. The van der Waals surface area contributed by atoms with Crippen LogP contribution in [-0.2, 0) is 9.53 Å². The van der Waals surface area contributed by atoms with Gasteiger partial charge in [0.2, 0.25) is 0 Å². The van der Waals surface area contributed by atoms with Gasteiger partial charge in [0.15, 0.2) is 6.61 Å². The van der Waals surface area contributed by atoms with Crippen LogP contribution in [0.5, 0.6) is 0 Å². The first-order valence-electron chi connectivity index (χ1n) is 7.16. The molecule has 0 spiro atoms. The monoisotopic (exact) mass is 362 g/mol. The van der Waals surface area contributed by atoms with Crippen molar-refractivity contribution < 1.29 is 23.5 Å². The fraction of sp³-hybridized carbons (Fsp3) is 0.118. The van der Waals surface area contributed by atoms with E-state index in [9.17, 15) is 18.8 Å². The van der Waals surface area contributed by atoms with Gasteiger partial charge in [0.25, 0.3) is 11.8 Å². The molecular formula is C17H15FN2O4S. The molecule has 0 aliphatic heterocycles. The van der Waals surface area contributed by atoms with Crippen molar-refractivity contribution in [2.45, 2.75) is 4.90 Å². The van der Waals surface area contributed by atoms with Crippen LogP contribution in [-0.4, -0.2) is 30.6 Å². The fourth-order valence-corrected chi connectivity index (χ4v) is 2.48. The maximum atomic E-state index is 13.4. The van der Waals surface area contributed by atoms with Crippen molar-refractivity contribution in [2.24, 2.45) is 0 Å². The summed E-state index contributed by atoms with van der Waals surface area (Å²) in [7, 11) is 0. The average Bonchev–Trinajstić information content (AvgIpc) is 2.64. The Morgan fingerprint density at radius 1 is 1.00 bits per heavy atom. The summed E-state index contributed by atoms with van der Waals surface area (Å²) in [6.45, 7) is -0.584. The van der Waals surface area contributed by atoms with Gasteiger partial charge >= 0.3 is 5.97 Å². The minimum absolute atomic E-state index is 0.214. The van der Waals surface area contributed by atoms with E-state index in [0.29, 0.717) is 5.56 Å². The minimum Gasteiger partial charge on any atom is -0.452 e. The van der Waals surface area contributed by atoms with Gasteiger partial charge in [-0.25, -0.2) is 9.18 Å². The van der Waals surface area contributed by atoms with Gasteiger partial charge in [-0.05, 0) is 30.5 Å². The van der Waals surface area contributed by atoms with E-state index in [2.05, 4.69) is 10.9 Å². The van der Waals surface area contributed by atoms with Crippen molar-refractivity contribution in [3.63, 3.8) is 0 Å². The van der Waals surface area contributed by atoms with Gasteiger partial charge in [0.05, 0.1) is 11.1 Å². The third kappa shape index (κ3) is 5.05. The second-order valence-electron chi connectivity index (χ2n) is 4.76. The predicted octanol–water partition coefficient (Wildman–Crippen LogP) is 2.17. The van der Waals surface area contributed by atoms with Gasteiger partial charge in [-0.1, -0.05) is 24.3 Å². The molecule has 2 N–H and O–H groups in total. The third-order valence-electron chi connectivity index (χ3n) is 3.10. The quantitative estimate of drug-likeness (QED) is 0.484. The minimum atomic E-state index is -0.814. The number of hydrogen-bond donors (Lipinski definition) is 2. The Hall–Kier alpha value is -2.87. The molecule has 0 unspecified atom stereocenters. The Morgan fingerprint density at radius 3 is 2.32 bits per heavy atom. The van der Waals surface area contributed by atoms with E-state index >= 15 is 0 Å². The SMILES string of the molecule is CSc1ccccc1C(=O)OCC(=O)NNC(=O)c1ccccc1F. The number of carbonyl (C=O) groups is 3. The number of rotatable bonds is 5. The second kappa shape index (κ2) is 8.84. The summed E-state index contributed by atoms with van der Waals surface area (Å²) < 4.78 is 18.3. The standard InChI is InChI=1S/C17H15FN2O4S/c1-25-14-9-5-3-7-12(14)17(23)24-10-15(21)19-20-16(22)11-6-2-4-8-13(11)18/h2-9H,10H2,1H3,(H,19,21)(H,20,22). The van der Waals surface area contributed by atoms with E-state index in [1.54, 1.807) is 24.3 Å². The molecule has 0 aromatic heterocycles. The van der Waals surface area contributed by atoms with Crippen LogP contribution in [0.25, 0.3) is 0 Å². The first-order valence-corrected chi connectivity index (χ1v) is 8.39. The molecule has 2 rings (SSSR count). The number of amides is 2. The summed E-state index contributed by atoms with van der Waals surface area (Å²) in [5, 5.41) is 0. The molecule has 0 heterocycles. The van der Waals surface area contributed by atoms with Gasteiger partial charge in [0, 0.05) is 4.90 Å². The van der Waals surface area contributed by atoms with Crippen LogP contribution in [0.4, 0.5) is 4.39 Å². The molecule has 2 amide bonds. The van der Waals surface area contributed by atoms with Crippen molar-refractivity contribution in [1.29, 1.82) is 0 Å². The smallest absolute Gasteiger partial charge is 0.339 e. The molecule has 0 radical (unpaired) electrons. The Morgan fingerprint density at radius 2 is 1.64 bits per heavy atom. The second-order valence-corrected chi connectivity index (χ2v) is 5.61.